The van der Waals surface area contributed by atoms with Gasteiger partial charge in [-0.15, -0.1) is 0 Å². The second-order valence-electron chi connectivity index (χ2n) is 24.4. The van der Waals surface area contributed by atoms with E-state index >= 15 is 0 Å². The van der Waals surface area contributed by atoms with Crippen molar-refractivity contribution >= 4 is 55.2 Å². The summed E-state index contributed by atoms with van der Waals surface area (Å²) in [7, 11) is 3.31. The van der Waals surface area contributed by atoms with Gasteiger partial charge in [0, 0.05) is 105 Å². The standard InChI is InChI=1S/C37H44N6O6S.C34H43N5O6S/c1-25(27-11-7-6-8-12-27)41-19-21-42(22-20-41)31-14-9-13-29-35(31)37(45)43(36(29)44)30(28-16-17-32(48-4)33(23-28)49-5)15-10-18-38-50(46,47)34-24-40(3)26(2)39-34;1-24(25-11-7-6-8-12-25)37-19-21-38(22-20-37)29-14-9-13-27-32(29)34(41)39(33(27)40)28(15-10-18-35-46(42,43)36(2)3)26-16-17-30(44-4)31(23-26)45-5/h6-9,11-14,16-17,23-25,30,38H,10,15,18-22H2,1-5H3;6-9,11-14,16-17,23-24,28,35H,10,15,18-22H2,1-5H3/t25-,30?;24-,28?/m11/s1. The van der Waals surface area contributed by atoms with Gasteiger partial charge in [0.2, 0.25) is 0 Å². The first-order valence-electron chi connectivity index (χ1n) is 32.3. The number of amides is 4. The van der Waals surface area contributed by atoms with E-state index in [9.17, 15) is 36.0 Å². The third-order valence-electron chi connectivity index (χ3n) is 18.8. The van der Waals surface area contributed by atoms with Gasteiger partial charge in [0.1, 0.15) is 5.82 Å². The molecule has 2 saturated heterocycles. The normalized spacial score (nSPS) is 16.7. The number of carbonyl (C=O) groups excluding carboxylic acids is 4. The van der Waals surface area contributed by atoms with E-state index in [1.54, 1.807) is 62.0 Å². The molecule has 0 spiro atoms. The largest absolute Gasteiger partial charge is 0.493 e. The second kappa shape index (κ2) is 30.6. The van der Waals surface area contributed by atoms with Crippen LogP contribution in [0.5, 0.6) is 23.0 Å². The molecule has 4 aliphatic heterocycles. The summed E-state index contributed by atoms with van der Waals surface area (Å²) in [6.07, 6.45) is 2.82. The van der Waals surface area contributed by atoms with Crippen molar-refractivity contribution in [1.82, 2.24) is 42.9 Å². The zero-order valence-corrected chi connectivity index (χ0v) is 57.9. The van der Waals surface area contributed by atoms with Crippen LogP contribution in [0.25, 0.3) is 0 Å². The third kappa shape index (κ3) is 15.0. The highest BCUT2D eigenvalue weighted by atomic mass is 32.2. The maximum Gasteiger partial charge on any atom is 0.278 e. The molecule has 0 bridgehead atoms. The lowest BCUT2D eigenvalue weighted by Gasteiger charge is -2.39. The molecule has 23 nitrogen and oxygen atoms in total. The molecule has 11 rings (SSSR count). The molecule has 0 radical (unpaired) electrons. The first kappa shape index (κ1) is 70.1. The smallest absolute Gasteiger partial charge is 0.278 e. The number of methoxy groups -OCH3 is 4. The predicted octanol–water partition coefficient (Wildman–Crippen LogP) is 8.83. The Kier molecular flexibility index (Phi) is 22.3. The fourth-order valence-electron chi connectivity index (χ4n) is 13.1. The molecule has 4 atom stereocenters. The summed E-state index contributed by atoms with van der Waals surface area (Å²) < 4.78 is 80.4. The van der Waals surface area contributed by atoms with E-state index in [0.29, 0.717) is 101 Å². The van der Waals surface area contributed by atoms with E-state index in [1.807, 2.05) is 48.5 Å². The van der Waals surface area contributed by atoms with Crippen LogP contribution in [0.3, 0.4) is 0 Å². The fraction of sp³-hybridized carbons (Fsp3) is 0.394. The van der Waals surface area contributed by atoms with Gasteiger partial charge in [0.15, 0.2) is 28.0 Å². The molecule has 2 N–H and O–H groups in total. The number of piperazine rings is 2. The average molecular weight is 1350 g/mol. The number of imide groups is 2. The maximum absolute atomic E-state index is 14.4. The van der Waals surface area contributed by atoms with Crippen LogP contribution in [-0.4, -0.2) is 182 Å². The molecule has 0 saturated carbocycles. The number of sulfonamides is 1. The van der Waals surface area contributed by atoms with Crippen LogP contribution in [0.15, 0.2) is 145 Å². The number of benzene rings is 6. The van der Waals surface area contributed by atoms with Crippen molar-refractivity contribution in [3.05, 3.63) is 190 Å². The highest BCUT2D eigenvalue weighted by Crippen LogP contribution is 2.43. The van der Waals surface area contributed by atoms with Crippen LogP contribution in [0, 0.1) is 6.92 Å². The average Bonchev–Trinajstić information content (AvgIpc) is 1.60. The fourth-order valence-corrected chi connectivity index (χ4v) is 14.9. The van der Waals surface area contributed by atoms with Crippen molar-refractivity contribution in [3.63, 3.8) is 0 Å². The molecule has 7 aromatic rings. The summed E-state index contributed by atoms with van der Waals surface area (Å²) in [5, 5.41) is -0.0582. The minimum absolute atomic E-state index is 0.0582. The number of rotatable bonds is 26. The second-order valence-corrected chi connectivity index (χ2v) is 28.1. The van der Waals surface area contributed by atoms with Crippen molar-refractivity contribution in [2.24, 2.45) is 7.05 Å². The monoisotopic (exact) mass is 1350 g/mol. The molecular formula is C71H87N11O12S2. The zero-order chi connectivity index (χ0) is 68.6. The zero-order valence-electron chi connectivity index (χ0n) is 56.2. The van der Waals surface area contributed by atoms with Gasteiger partial charge in [-0.3, -0.25) is 38.8 Å². The first-order valence-corrected chi connectivity index (χ1v) is 35.2. The minimum atomic E-state index is -3.85. The van der Waals surface area contributed by atoms with Crippen LogP contribution < -0.4 is 38.2 Å². The molecule has 2 fully saturated rings. The number of hydrogen-bond donors (Lipinski definition) is 2. The van der Waals surface area contributed by atoms with Gasteiger partial charge in [0.05, 0.1) is 74.2 Å². The molecular weight excluding hydrogens is 1260 g/mol. The van der Waals surface area contributed by atoms with Gasteiger partial charge in [-0.2, -0.15) is 12.7 Å². The molecule has 2 unspecified atom stereocenters. The number of imidazole rings is 1. The third-order valence-corrected chi connectivity index (χ3v) is 21.6. The first-order chi connectivity index (χ1) is 46.1. The molecule has 0 aliphatic carbocycles. The van der Waals surface area contributed by atoms with Gasteiger partial charge in [0.25, 0.3) is 43.9 Å². The van der Waals surface area contributed by atoms with Gasteiger partial charge in [-0.05, 0) is 117 Å². The number of aryl methyl sites for hydroxylation is 2. The molecule has 510 valence electrons. The Labute approximate surface area is 563 Å². The number of aromatic nitrogens is 2. The minimum Gasteiger partial charge on any atom is -0.493 e. The SMILES string of the molecule is COc1ccc(C(CCCNS(=O)(=O)N(C)C)N2C(=O)c3cccc(N4CCN([C@H](C)c5ccccc5)CC4)c3C2=O)cc1OC.COc1ccc(C(CCCNS(=O)(=O)c2cn(C)c(C)n2)N2C(=O)c3cccc(N4CCN([C@H](C)c5ccccc5)CC4)c3C2=O)cc1OC. The van der Waals surface area contributed by atoms with Gasteiger partial charge >= 0.3 is 0 Å². The van der Waals surface area contributed by atoms with E-state index in [1.165, 1.54) is 62.5 Å². The molecule has 6 aromatic carbocycles. The number of ether oxygens (including phenoxy) is 4. The summed E-state index contributed by atoms with van der Waals surface area (Å²) in [4.78, 5) is 72.9. The van der Waals surface area contributed by atoms with Crippen LogP contribution in [0.1, 0.15) is 133 Å². The molecule has 4 aliphatic rings. The summed E-state index contributed by atoms with van der Waals surface area (Å²) in [6, 6.07) is 41.6. The van der Waals surface area contributed by atoms with Crippen molar-refractivity contribution in [2.75, 3.05) is 118 Å². The van der Waals surface area contributed by atoms with Gasteiger partial charge in [-0.25, -0.2) is 22.8 Å². The number of nitrogens with one attached hydrogen (secondary N) is 2. The van der Waals surface area contributed by atoms with Gasteiger partial charge in [-0.1, -0.05) is 84.9 Å². The van der Waals surface area contributed by atoms with E-state index in [-0.39, 0.29) is 53.8 Å². The highest BCUT2D eigenvalue weighted by molar-refractivity contribution is 7.89. The number of fused-ring (bicyclic) bond motifs is 2. The Balaban J connectivity index is 0.000000210. The van der Waals surface area contributed by atoms with E-state index in [2.05, 4.69) is 96.4 Å². The van der Waals surface area contributed by atoms with Gasteiger partial charge < -0.3 is 33.3 Å². The Morgan fingerprint density at radius 1 is 0.500 bits per heavy atom. The van der Waals surface area contributed by atoms with Crippen LogP contribution in [0.4, 0.5) is 11.4 Å². The van der Waals surface area contributed by atoms with Crippen molar-refractivity contribution in [2.45, 2.75) is 75.6 Å². The Hall–Kier alpha value is -8.69. The van der Waals surface area contributed by atoms with Crippen LogP contribution >= 0.6 is 0 Å². The maximum atomic E-state index is 14.4. The lowest BCUT2D eigenvalue weighted by Crippen LogP contribution is -2.47. The number of carbonyl (C=O) groups is 4. The quantitative estimate of drug-likeness (QED) is 0.0380. The number of anilines is 2. The van der Waals surface area contributed by atoms with E-state index in [0.717, 1.165) is 54.9 Å². The number of nitrogens with zero attached hydrogens (tertiary/aromatic N) is 9. The van der Waals surface area contributed by atoms with E-state index in [4.69, 9.17) is 18.9 Å². The Morgan fingerprint density at radius 3 is 1.28 bits per heavy atom. The highest BCUT2D eigenvalue weighted by Gasteiger charge is 2.45. The van der Waals surface area contributed by atoms with Crippen molar-refractivity contribution in [3.8, 4) is 23.0 Å². The molecule has 1 aromatic heterocycles. The van der Waals surface area contributed by atoms with Crippen molar-refractivity contribution < 1.29 is 55.0 Å². The molecule has 96 heavy (non-hydrogen) atoms. The van der Waals surface area contributed by atoms with E-state index < -0.39 is 32.3 Å². The summed E-state index contributed by atoms with van der Waals surface area (Å²) in [5.74, 6) is 1.06. The summed E-state index contributed by atoms with van der Waals surface area (Å²) in [6.45, 7) is 12.5. The number of hydrogen-bond acceptors (Lipinski definition) is 17. The lowest BCUT2D eigenvalue weighted by atomic mass is 9.99. The Bertz CT molecular complexity index is 4140. The van der Waals surface area contributed by atoms with Crippen LogP contribution in [0.2, 0.25) is 0 Å². The molecule has 25 heteroatoms. The van der Waals surface area contributed by atoms with Crippen LogP contribution in [-0.2, 0) is 27.3 Å². The Morgan fingerprint density at radius 2 is 0.906 bits per heavy atom. The predicted molar refractivity (Wildman–Crippen MR) is 368 cm³/mol. The van der Waals surface area contributed by atoms with Crippen molar-refractivity contribution in [1.29, 1.82) is 0 Å². The topological polar surface area (TPSA) is 238 Å². The molecule has 5 heterocycles. The lowest BCUT2D eigenvalue weighted by molar-refractivity contribution is 0.0557. The summed E-state index contributed by atoms with van der Waals surface area (Å²) in [5.41, 5.74) is 6.95. The summed E-state index contributed by atoms with van der Waals surface area (Å²) >= 11 is 0. The molecule has 4 amide bonds.